The van der Waals surface area contributed by atoms with Crippen molar-refractivity contribution in [2.45, 2.75) is 18.6 Å². The third-order valence-electron chi connectivity index (χ3n) is 3.29. The predicted molar refractivity (Wildman–Crippen MR) is 64.1 cm³/mol. The van der Waals surface area contributed by atoms with E-state index in [9.17, 15) is 0 Å². The van der Waals surface area contributed by atoms with Gasteiger partial charge in [0.1, 0.15) is 0 Å². The normalized spacial score (nSPS) is 29.8. The molecule has 16 heavy (non-hydrogen) atoms. The predicted octanol–water partition coefficient (Wildman–Crippen LogP) is 0.436. The summed E-state index contributed by atoms with van der Waals surface area (Å²) in [6.45, 7) is 3.21. The van der Waals surface area contributed by atoms with Crippen molar-refractivity contribution in [3.63, 3.8) is 0 Å². The lowest BCUT2D eigenvalue weighted by Gasteiger charge is -2.35. The summed E-state index contributed by atoms with van der Waals surface area (Å²) in [7, 11) is 1.92. The van der Waals surface area contributed by atoms with Gasteiger partial charge in [0, 0.05) is 25.7 Å². The number of hydrogen-bond acceptors (Lipinski definition) is 3. The smallest absolute Gasteiger partial charge is 0.342 e. The molecular weight excluding hydrogens is 199 g/mol. The number of piperazine rings is 1. The molecule has 2 saturated heterocycles. The molecule has 2 fully saturated rings. The van der Waals surface area contributed by atoms with Crippen LogP contribution in [0.4, 0.5) is 0 Å². The van der Waals surface area contributed by atoms with Crippen LogP contribution in [0, 0.1) is 0 Å². The van der Waals surface area contributed by atoms with Crippen LogP contribution in [-0.2, 0) is 11.1 Å². The first-order valence-electron chi connectivity index (χ1n) is 5.93. The van der Waals surface area contributed by atoms with E-state index >= 15 is 0 Å². The summed E-state index contributed by atoms with van der Waals surface area (Å²) in [5.41, 5.74) is 1.40. The summed E-state index contributed by atoms with van der Waals surface area (Å²) < 4.78 is 5.29. The van der Waals surface area contributed by atoms with E-state index < -0.39 is 0 Å². The van der Waals surface area contributed by atoms with E-state index in [2.05, 4.69) is 40.5 Å². The van der Waals surface area contributed by atoms with Gasteiger partial charge in [-0.2, -0.15) is 0 Å². The highest BCUT2D eigenvalue weighted by molar-refractivity contribution is 6.38. The van der Waals surface area contributed by atoms with E-state index in [1.165, 1.54) is 5.56 Å². The quantitative estimate of drug-likeness (QED) is 0.585. The van der Waals surface area contributed by atoms with Crippen molar-refractivity contribution in [1.29, 1.82) is 0 Å². The van der Waals surface area contributed by atoms with Crippen molar-refractivity contribution in [2.75, 3.05) is 19.6 Å². The maximum absolute atomic E-state index is 5.29. The Labute approximate surface area is 97.1 Å². The van der Waals surface area contributed by atoms with Crippen molar-refractivity contribution in [1.82, 2.24) is 10.2 Å². The highest BCUT2D eigenvalue weighted by Gasteiger charge is 2.38. The van der Waals surface area contributed by atoms with Gasteiger partial charge in [-0.3, -0.25) is 4.90 Å². The molecule has 2 heterocycles. The Morgan fingerprint density at radius 1 is 1.38 bits per heavy atom. The van der Waals surface area contributed by atoms with Crippen LogP contribution >= 0.6 is 0 Å². The molecule has 0 bridgehead atoms. The van der Waals surface area contributed by atoms with Gasteiger partial charge in [-0.25, -0.2) is 0 Å². The van der Waals surface area contributed by atoms with Gasteiger partial charge in [0.2, 0.25) is 0 Å². The lowest BCUT2D eigenvalue weighted by atomic mass is 10.00. The lowest BCUT2D eigenvalue weighted by Crippen LogP contribution is -2.53. The Balaban J connectivity index is 1.67. The van der Waals surface area contributed by atoms with Crippen LogP contribution < -0.4 is 5.32 Å². The minimum atomic E-state index is 0.274. The number of benzene rings is 1. The summed E-state index contributed by atoms with van der Waals surface area (Å²) >= 11 is 0. The number of nitrogens with one attached hydrogen (secondary N) is 1. The van der Waals surface area contributed by atoms with Gasteiger partial charge < -0.3 is 9.97 Å². The molecule has 2 aliphatic heterocycles. The fourth-order valence-corrected chi connectivity index (χ4v) is 2.38. The van der Waals surface area contributed by atoms with Crippen molar-refractivity contribution in [3.05, 3.63) is 35.9 Å². The van der Waals surface area contributed by atoms with Gasteiger partial charge in [0.05, 0.1) is 6.13 Å². The molecule has 2 atom stereocenters. The summed E-state index contributed by atoms with van der Waals surface area (Å²) in [5.74, 6) is 0. The first kappa shape index (κ1) is 10.3. The fraction of sp³-hybridized carbons (Fsp3) is 0.500. The van der Waals surface area contributed by atoms with Crippen LogP contribution in [0.25, 0.3) is 0 Å². The molecule has 0 spiro atoms. The van der Waals surface area contributed by atoms with E-state index in [1.54, 1.807) is 0 Å². The average molecular weight is 215 g/mol. The minimum absolute atomic E-state index is 0.274. The summed E-state index contributed by atoms with van der Waals surface area (Å²) in [4.78, 5) is 2.45. The van der Waals surface area contributed by atoms with Crippen LogP contribution in [0.15, 0.2) is 30.3 Å². The molecule has 0 aliphatic carbocycles. The van der Waals surface area contributed by atoms with Gasteiger partial charge in [-0.15, -0.1) is 0 Å². The molecule has 3 nitrogen and oxygen atoms in total. The molecule has 1 aromatic carbocycles. The second-order valence-corrected chi connectivity index (χ2v) is 4.45. The van der Waals surface area contributed by atoms with Crippen LogP contribution in [0.5, 0.6) is 0 Å². The highest BCUT2D eigenvalue weighted by atomic mass is 16.5. The van der Waals surface area contributed by atoms with Crippen LogP contribution in [0.2, 0.25) is 0 Å². The maximum atomic E-state index is 5.29. The van der Waals surface area contributed by atoms with E-state index in [4.69, 9.17) is 4.65 Å². The Morgan fingerprint density at radius 3 is 2.94 bits per heavy atom. The van der Waals surface area contributed by atoms with Gasteiger partial charge in [-0.1, -0.05) is 30.3 Å². The minimum Gasteiger partial charge on any atom is -0.425 e. The van der Waals surface area contributed by atoms with E-state index in [1.807, 2.05) is 7.48 Å². The van der Waals surface area contributed by atoms with Crippen molar-refractivity contribution < 1.29 is 4.65 Å². The van der Waals surface area contributed by atoms with Gasteiger partial charge >= 0.3 is 7.48 Å². The average Bonchev–Trinajstić information content (AvgIpc) is 3.15. The molecule has 2 aliphatic rings. The van der Waals surface area contributed by atoms with E-state index in [0.717, 1.165) is 26.1 Å². The van der Waals surface area contributed by atoms with E-state index in [0.29, 0.717) is 6.04 Å². The van der Waals surface area contributed by atoms with Crippen LogP contribution in [0.1, 0.15) is 5.56 Å². The first-order chi connectivity index (χ1) is 7.93. The first-order valence-corrected chi connectivity index (χ1v) is 5.93. The van der Waals surface area contributed by atoms with Crippen LogP contribution in [0.3, 0.4) is 0 Å². The Bertz CT molecular complexity index is 342. The molecule has 83 valence electrons. The summed E-state index contributed by atoms with van der Waals surface area (Å²) in [6.07, 6.45) is 1.37. The monoisotopic (exact) mass is 215 g/mol. The molecule has 2 unspecified atom stereocenters. The Kier molecular flexibility index (Phi) is 2.95. The largest absolute Gasteiger partial charge is 0.425 e. The standard InChI is InChI=1S/C12H16BN2O/c1-2-4-10(5-3-1)8-11-9-14-6-7-15(11)12-13-16-12/h1-5,11-12,14H,6-9H2. The molecule has 3 rings (SSSR count). The molecule has 1 radical (unpaired) electrons. The number of nitrogens with zero attached hydrogens (tertiary/aromatic N) is 1. The molecule has 0 aromatic heterocycles. The fourth-order valence-electron chi connectivity index (χ4n) is 2.38. The highest BCUT2D eigenvalue weighted by Crippen LogP contribution is 2.19. The Morgan fingerprint density at radius 2 is 2.19 bits per heavy atom. The third kappa shape index (κ3) is 2.29. The zero-order valence-electron chi connectivity index (χ0n) is 9.30. The van der Waals surface area contributed by atoms with E-state index in [-0.39, 0.29) is 6.13 Å². The SMILES string of the molecule is [B]1OC1N1CCNCC1Cc1ccccc1. The Hall–Kier alpha value is -0.835. The second-order valence-electron chi connectivity index (χ2n) is 4.45. The molecule has 0 amide bonds. The maximum Gasteiger partial charge on any atom is 0.342 e. The zero-order chi connectivity index (χ0) is 10.8. The lowest BCUT2D eigenvalue weighted by molar-refractivity contribution is 0.0985. The summed E-state index contributed by atoms with van der Waals surface area (Å²) in [6, 6.07) is 11.2. The molecule has 1 N–H and O–H groups in total. The van der Waals surface area contributed by atoms with Gasteiger partial charge in [-0.05, 0) is 12.0 Å². The second kappa shape index (κ2) is 4.57. The van der Waals surface area contributed by atoms with Crippen molar-refractivity contribution >= 4 is 7.48 Å². The van der Waals surface area contributed by atoms with Gasteiger partial charge in [0.25, 0.3) is 0 Å². The van der Waals surface area contributed by atoms with Crippen molar-refractivity contribution in [3.8, 4) is 0 Å². The number of hydrogen-bond donors (Lipinski definition) is 1. The van der Waals surface area contributed by atoms with Crippen molar-refractivity contribution in [2.24, 2.45) is 0 Å². The zero-order valence-corrected chi connectivity index (χ0v) is 9.30. The molecule has 4 heteroatoms. The molecular formula is C12H16BN2O. The third-order valence-corrected chi connectivity index (χ3v) is 3.29. The summed E-state index contributed by atoms with van der Waals surface area (Å²) in [5, 5.41) is 3.46. The molecule has 0 saturated carbocycles. The van der Waals surface area contributed by atoms with Crippen LogP contribution in [-0.4, -0.2) is 44.2 Å². The number of rotatable bonds is 3. The van der Waals surface area contributed by atoms with Gasteiger partial charge in [0.15, 0.2) is 0 Å². The topological polar surface area (TPSA) is 27.8 Å². The molecule has 1 aromatic rings.